The van der Waals surface area contributed by atoms with Crippen LogP contribution in [0.25, 0.3) is 0 Å². The van der Waals surface area contributed by atoms with Crippen molar-refractivity contribution in [3.05, 3.63) is 16.9 Å². The minimum Gasteiger partial charge on any atom is -0.309 e. The Morgan fingerprint density at radius 1 is 1.57 bits per heavy atom. The summed E-state index contributed by atoms with van der Waals surface area (Å²) in [6.45, 7) is 8.20. The van der Waals surface area contributed by atoms with Crippen LogP contribution >= 0.6 is 11.6 Å². The van der Waals surface area contributed by atoms with Gasteiger partial charge >= 0.3 is 0 Å². The second-order valence-electron chi connectivity index (χ2n) is 3.38. The molecule has 0 saturated heterocycles. The van der Waals surface area contributed by atoms with Crippen molar-refractivity contribution in [3.63, 3.8) is 0 Å². The minimum absolute atomic E-state index is 0.265. The molecule has 1 aromatic rings. The minimum atomic E-state index is 0.265. The van der Waals surface area contributed by atoms with Crippen LogP contribution < -0.4 is 5.32 Å². The molecule has 80 valence electrons. The highest BCUT2D eigenvalue weighted by Crippen LogP contribution is 2.22. The third kappa shape index (κ3) is 2.49. The van der Waals surface area contributed by atoms with Crippen molar-refractivity contribution in [1.82, 2.24) is 15.1 Å². The van der Waals surface area contributed by atoms with Gasteiger partial charge in [-0.25, -0.2) is 0 Å². The fraction of sp³-hybridized carbons (Fsp3) is 0.700. The first-order valence-electron chi connectivity index (χ1n) is 5.15. The van der Waals surface area contributed by atoms with Gasteiger partial charge < -0.3 is 5.32 Å². The number of halogens is 1. The molecule has 1 atom stereocenters. The molecule has 0 bridgehead atoms. The topological polar surface area (TPSA) is 29.9 Å². The Morgan fingerprint density at radius 2 is 2.29 bits per heavy atom. The number of nitrogens with zero attached hydrogens (tertiary/aromatic N) is 2. The molecule has 0 amide bonds. The molecule has 1 unspecified atom stereocenters. The van der Waals surface area contributed by atoms with Gasteiger partial charge in [-0.1, -0.05) is 25.4 Å². The van der Waals surface area contributed by atoms with Crippen LogP contribution in [0.2, 0.25) is 5.02 Å². The first-order valence-corrected chi connectivity index (χ1v) is 5.53. The molecule has 3 nitrogen and oxygen atoms in total. The van der Waals surface area contributed by atoms with E-state index in [1.165, 1.54) is 0 Å². The first-order chi connectivity index (χ1) is 6.70. The molecule has 1 aromatic heterocycles. The van der Waals surface area contributed by atoms with E-state index >= 15 is 0 Å². The highest BCUT2D eigenvalue weighted by molar-refractivity contribution is 6.31. The summed E-state index contributed by atoms with van der Waals surface area (Å²) < 4.78 is 1.98. The number of hydrogen-bond acceptors (Lipinski definition) is 2. The smallest absolute Gasteiger partial charge is 0.0834 e. The lowest BCUT2D eigenvalue weighted by Gasteiger charge is -2.15. The number of nitrogens with one attached hydrogen (secondary N) is 1. The molecule has 4 heteroatoms. The maximum Gasteiger partial charge on any atom is 0.0834 e. The van der Waals surface area contributed by atoms with Crippen LogP contribution in [-0.2, 0) is 6.54 Å². The quantitative estimate of drug-likeness (QED) is 0.819. The normalized spacial score (nSPS) is 13.1. The second kappa shape index (κ2) is 5.37. The molecule has 0 aliphatic carbocycles. The Kier molecular flexibility index (Phi) is 4.42. The largest absolute Gasteiger partial charge is 0.309 e. The highest BCUT2D eigenvalue weighted by Gasteiger charge is 2.14. The lowest BCUT2D eigenvalue weighted by molar-refractivity contribution is 0.504. The van der Waals surface area contributed by atoms with Crippen LogP contribution in [0.1, 0.15) is 38.9 Å². The Balaban J connectivity index is 2.86. The van der Waals surface area contributed by atoms with E-state index in [1.54, 1.807) is 6.20 Å². The zero-order valence-electron chi connectivity index (χ0n) is 9.05. The molecular formula is C10H18ClN3. The van der Waals surface area contributed by atoms with Gasteiger partial charge in [0, 0.05) is 12.6 Å². The van der Waals surface area contributed by atoms with Crippen LogP contribution in [0.4, 0.5) is 0 Å². The highest BCUT2D eigenvalue weighted by atomic mass is 35.5. The van der Waals surface area contributed by atoms with Gasteiger partial charge in [-0.2, -0.15) is 5.10 Å². The van der Waals surface area contributed by atoms with E-state index in [0.29, 0.717) is 0 Å². The molecule has 0 saturated carbocycles. The zero-order chi connectivity index (χ0) is 10.6. The molecule has 0 aromatic carbocycles. The van der Waals surface area contributed by atoms with Gasteiger partial charge in [-0.05, 0) is 19.9 Å². The van der Waals surface area contributed by atoms with Crippen LogP contribution in [0.5, 0.6) is 0 Å². The molecule has 1 rings (SSSR count). The third-order valence-corrected chi connectivity index (χ3v) is 2.48. The maximum atomic E-state index is 6.09. The van der Waals surface area contributed by atoms with E-state index in [9.17, 15) is 0 Å². The summed E-state index contributed by atoms with van der Waals surface area (Å²) in [7, 11) is 0. The fourth-order valence-electron chi connectivity index (χ4n) is 1.60. The average molecular weight is 216 g/mol. The van der Waals surface area contributed by atoms with Crippen molar-refractivity contribution in [2.24, 2.45) is 0 Å². The summed E-state index contributed by atoms with van der Waals surface area (Å²) in [5, 5.41) is 8.35. The number of hydrogen-bond donors (Lipinski definition) is 1. The molecule has 0 aliphatic rings. The van der Waals surface area contributed by atoms with Crippen molar-refractivity contribution in [2.45, 2.75) is 39.8 Å². The van der Waals surface area contributed by atoms with E-state index in [-0.39, 0.29) is 6.04 Å². The maximum absolute atomic E-state index is 6.09. The van der Waals surface area contributed by atoms with E-state index in [2.05, 4.69) is 31.2 Å². The van der Waals surface area contributed by atoms with Crippen molar-refractivity contribution in [2.75, 3.05) is 6.54 Å². The Labute approximate surface area is 90.4 Å². The summed E-state index contributed by atoms with van der Waals surface area (Å²) >= 11 is 6.09. The van der Waals surface area contributed by atoms with Gasteiger partial charge in [0.1, 0.15) is 0 Å². The molecular weight excluding hydrogens is 198 g/mol. The van der Waals surface area contributed by atoms with Gasteiger partial charge in [0.25, 0.3) is 0 Å². The van der Waals surface area contributed by atoms with Crippen LogP contribution in [0, 0.1) is 0 Å². The van der Waals surface area contributed by atoms with E-state index in [0.717, 1.165) is 30.2 Å². The zero-order valence-corrected chi connectivity index (χ0v) is 9.80. The Hall–Kier alpha value is -0.540. The van der Waals surface area contributed by atoms with Gasteiger partial charge in [0.2, 0.25) is 0 Å². The summed E-state index contributed by atoms with van der Waals surface area (Å²) in [6, 6.07) is 0.265. The number of rotatable bonds is 5. The predicted octanol–water partition coefficient (Wildman–Crippen LogP) is 2.62. The first kappa shape index (κ1) is 11.5. The summed E-state index contributed by atoms with van der Waals surface area (Å²) in [5.74, 6) is 0. The lowest BCUT2D eigenvalue weighted by Crippen LogP contribution is -2.21. The van der Waals surface area contributed by atoms with Crippen LogP contribution in [-0.4, -0.2) is 16.3 Å². The Morgan fingerprint density at radius 3 is 2.86 bits per heavy atom. The van der Waals surface area contributed by atoms with Crippen LogP contribution in [0.3, 0.4) is 0 Å². The fourth-order valence-corrected chi connectivity index (χ4v) is 1.90. The standard InChI is InChI=1S/C10H18ClN3/c1-4-6-14-10(8(3)12-5-2)9(11)7-13-14/h7-8,12H,4-6H2,1-3H3. The lowest BCUT2D eigenvalue weighted by atomic mass is 10.2. The SMILES string of the molecule is CCCn1ncc(Cl)c1C(C)NCC. The molecule has 0 radical (unpaired) electrons. The summed E-state index contributed by atoms with van der Waals surface area (Å²) in [6.07, 6.45) is 2.80. The average Bonchev–Trinajstić information content (AvgIpc) is 2.48. The van der Waals surface area contributed by atoms with Crippen molar-refractivity contribution >= 4 is 11.6 Å². The van der Waals surface area contributed by atoms with Gasteiger partial charge in [-0.15, -0.1) is 0 Å². The number of aryl methyl sites for hydroxylation is 1. The third-order valence-electron chi connectivity index (χ3n) is 2.19. The monoisotopic (exact) mass is 215 g/mol. The summed E-state index contributed by atoms with van der Waals surface area (Å²) in [5.41, 5.74) is 1.09. The molecule has 0 aliphatic heterocycles. The van der Waals surface area contributed by atoms with E-state index in [4.69, 9.17) is 11.6 Å². The molecule has 1 N–H and O–H groups in total. The van der Waals surface area contributed by atoms with Gasteiger partial charge in [0.05, 0.1) is 16.9 Å². The molecule has 0 fully saturated rings. The predicted molar refractivity (Wildman–Crippen MR) is 59.6 cm³/mol. The van der Waals surface area contributed by atoms with Crippen molar-refractivity contribution < 1.29 is 0 Å². The van der Waals surface area contributed by atoms with Gasteiger partial charge in [-0.3, -0.25) is 4.68 Å². The second-order valence-corrected chi connectivity index (χ2v) is 3.79. The molecule has 0 spiro atoms. The molecule has 14 heavy (non-hydrogen) atoms. The van der Waals surface area contributed by atoms with Gasteiger partial charge in [0.15, 0.2) is 0 Å². The van der Waals surface area contributed by atoms with E-state index in [1.807, 2.05) is 4.68 Å². The summed E-state index contributed by atoms with van der Waals surface area (Å²) in [4.78, 5) is 0. The van der Waals surface area contributed by atoms with Crippen LogP contribution in [0.15, 0.2) is 6.20 Å². The Bertz CT molecular complexity index is 283. The van der Waals surface area contributed by atoms with Crippen molar-refractivity contribution in [1.29, 1.82) is 0 Å². The van der Waals surface area contributed by atoms with E-state index < -0.39 is 0 Å². The number of aromatic nitrogens is 2. The molecule has 1 heterocycles. The van der Waals surface area contributed by atoms with Crippen molar-refractivity contribution in [3.8, 4) is 0 Å².